The fourth-order valence-electron chi connectivity index (χ4n) is 3.18. The van der Waals surface area contributed by atoms with E-state index in [1.807, 2.05) is 18.2 Å². The number of piperidine rings is 1. The number of halogens is 1. The van der Waals surface area contributed by atoms with Gasteiger partial charge < -0.3 is 19.1 Å². The van der Waals surface area contributed by atoms with Crippen molar-refractivity contribution in [2.75, 3.05) is 32.2 Å². The Morgan fingerprint density at radius 3 is 2.26 bits per heavy atom. The number of benzene rings is 2. The van der Waals surface area contributed by atoms with Gasteiger partial charge in [-0.1, -0.05) is 6.07 Å². The maximum Gasteiger partial charge on any atom is 0.270 e. The van der Waals surface area contributed by atoms with E-state index in [1.54, 1.807) is 20.3 Å². The Balaban J connectivity index is 1.67. The smallest absolute Gasteiger partial charge is 0.270 e. The van der Waals surface area contributed by atoms with Gasteiger partial charge in [-0.25, -0.2) is 0 Å². The lowest BCUT2D eigenvalue weighted by Gasteiger charge is -2.34. The van der Waals surface area contributed by atoms with Gasteiger partial charge in [0.2, 0.25) is 5.75 Å². The number of non-ortho nitro benzene ring substituents is 1. The number of hydrogen-bond donors (Lipinski definition) is 0. The quantitative estimate of drug-likeness (QED) is 0.492. The molecule has 3 rings (SSSR count). The summed E-state index contributed by atoms with van der Waals surface area (Å²) < 4.78 is 17.7. The second-order valence-corrected chi connectivity index (χ2v) is 7.04. The molecule has 0 spiro atoms. The molecule has 0 amide bonds. The normalized spacial score (nSPS) is 14.7. The number of methoxy groups -OCH3 is 2. The van der Waals surface area contributed by atoms with Crippen LogP contribution in [0.5, 0.6) is 17.2 Å². The van der Waals surface area contributed by atoms with Crippen molar-refractivity contribution in [1.29, 1.82) is 0 Å². The summed E-state index contributed by atoms with van der Waals surface area (Å²) >= 11 is 3.45. The van der Waals surface area contributed by atoms with Gasteiger partial charge in [-0.3, -0.25) is 10.1 Å². The molecule has 27 heavy (non-hydrogen) atoms. The number of nitro groups is 1. The molecule has 0 radical (unpaired) electrons. The standard InChI is InChI=1S/C19H21BrN2O5/c1-25-17-4-3-5-18(26-2)19(17)27-14-8-10-21(11-9-14)16-7-6-13(22(23)24)12-15(16)20/h3-7,12,14H,8-11H2,1-2H3. The number of rotatable bonds is 6. The van der Waals surface area contributed by atoms with Crippen LogP contribution in [0.2, 0.25) is 0 Å². The van der Waals surface area contributed by atoms with Crippen molar-refractivity contribution in [3.05, 3.63) is 51.0 Å². The zero-order valence-electron chi connectivity index (χ0n) is 15.2. The molecular weight excluding hydrogens is 416 g/mol. The molecule has 0 atom stereocenters. The average molecular weight is 437 g/mol. The fourth-order valence-corrected chi connectivity index (χ4v) is 3.80. The van der Waals surface area contributed by atoms with Gasteiger partial charge in [0.05, 0.1) is 24.8 Å². The Kier molecular flexibility index (Phi) is 6.05. The van der Waals surface area contributed by atoms with Gasteiger partial charge in [0.15, 0.2) is 11.5 Å². The van der Waals surface area contributed by atoms with Crippen molar-refractivity contribution in [3.63, 3.8) is 0 Å². The van der Waals surface area contributed by atoms with Gasteiger partial charge in [0.1, 0.15) is 6.10 Å². The molecule has 0 bridgehead atoms. The number of nitro benzene ring substituents is 1. The van der Waals surface area contributed by atoms with E-state index in [1.165, 1.54) is 12.1 Å². The van der Waals surface area contributed by atoms with Crippen LogP contribution in [0.3, 0.4) is 0 Å². The summed E-state index contributed by atoms with van der Waals surface area (Å²) in [5.74, 6) is 1.92. The maximum atomic E-state index is 10.9. The Hall–Kier alpha value is -2.48. The van der Waals surface area contributed by atoms with Crippen LogP contribution in [0, 0.1) is 10.1 Å². The van der Waals surface area contributed by atoms with E-state index >= 15 is 0 Å². The first-order valence-electron chi connectivity index (χ1n) is 8.60. The van der Waals surface area contributed by atoms with E-state index in [2.05, 4.69) is 20.8 Å². The average Bonchev–Trinajstić information content (AvgIpc) is 2.68. The second kappa shape index (κ2) is 8.47. The molecule has 2 aromatic rings. The number of hydrogen-bond acceptors (Lipinski definition) is 6. The molecule has 1 fully saturated rings. The van der Waals surface area contributed by atoms with Crippen molar-refractivity contribution >= 4 is 27.3 Å². The van der Waals surface area contributed by atoms with Gasteiger partial charge in [0, 0.05) is 42.5 Å². The van der Waals surface area contributed by atoms with Crippen molar-refractivity contribution in [1.82, 2.24) is 0 Å². The van der Waals surface area contributed by atoms with Gasteiger partial charge in [-0.15, -0.1) is 0 Å². The highest BCUT2D eigenvalue weighted by Gasteiger charge is 2.25. The SMILES string of the molecule is COc1cccc(OC)c1OC1CCN(c2ccc([N+](=O)[O-])cc2Br)CC1. The van der Waals surface area contributed by atoms with Crippen molar-refractivity contribution in [2.45, 2.75) is 18.9 Å². The topological polar surface area (TPSA) is 74.1 Å². The Bertz CT molecular complexity index is 799. The minimum absolute atomic E-state index is 0.0447. The largest absolute Gasteiger partial charge is 0.493 e. The summed E-state index contributed by atoms with van der Waals surface area (Å²) in [7, 11) is 3.21. The highest BCUT2D eigenvalue weighted by atomic mass is 79.9. The summed E-state index contributed by atoms with van der Waals surface area (Å²) in [4.78, 5) is 12.7. The summed E-state index contributed by atoms with van der Waals surface area (Å²) in [6.45, 7) is 1.58. The first-order valence-corrected chi connectivity index (χ1v) is 9.39. The first kappa shape index (κ1) is 19.3. The van der Waals surface area contributed by atoms with Gasteiger partial charge in [-0.2, -0.15) is 0 Å². The lowest BCUT2D eigenvalue weighted by atomic mass is 10.1. The van der Waals surface area contributed by atoms with E-state index in [-0.39, 0.29) is 11.8 Å². The molecule has 0 saturated carbocycles. The predicted molar refractivity (Wildman–Crippen MR) is 106 cm³/mol. The highest BCUT2D eigenvalue weighted by Crippen LogP contribution is 2.39. The van der Waals surface area contributed by atoms with Crippen molar-refractivity contribution in [3.8, 4) is 17.2 Å². The Labute approximate surface area is 166 Å². The number of anilines is 1. The molecule has 1 heterocycles. The molecule has 144 valence electrons. The van der Waals surface area contributed by atoms with Crippen molar-refractivity contribution < 1.29 is 19.1 Å². The predicted octanol–water partition coefficient (Wildman–Crippen LogP) is 4.42. The van der Waals surface area contributed by atoms with E-state index < -0.39 is 4.92 Å². The zero-order chi connectivity index (χ0) is 19.4. The zero-order valence-corrected chi connectivity index (χ0v) is 16.8. The lowest BCUT2D eigenvalue weighted by Crippen LogP contribution is -2.38. The van der Waals surface area contributed by atoms with Crippen LogP contribution >= 0.6 is 15.9 Å². The molecule has 2 aromatic carbocycles. The maximum absolute atomic E-state index is 10.9. The molecule has 0 unspecified atom stereocenters. The van der Waals surface area contributed by atoms with Crippen LogP contribution in [-0.2, 0) is 0 Å². The molecule has 1 aliphatic heterocycles. The Morgan fingerprint density at radius 1 is 1.11 bits per heavy atom. The number of nitrogens with zero attached hydrogens (tertiary/aromatic N) is 2. The van der Waals surface area contributed by atoms with Crippen LogP contribution in [0.1, 0.15) is 12.8 Å². The van der Waals surface area contributed by atoms with E-state index in [9.17, 15) is 10.1 Å². The molecule has 1 aliphatic rings. The van der Waals surface area contributed by atoms with Gasteiger partial charge in [-0.05, 0) is 34.1 Å². The molecule has 8 heteroatoms. The Morgan fingerprint density at radius 2 is 1.74 bits per heavy atom. The summed E-state index contributed by atoms with van der Waals surface area (Å²) in [5.41, 5.74) is 1.03. The summed E-state index contributed by atoms with van der Waals surface area (Å²) in [5, 5.41) is 10.9. The van der Waals surface area contributed by atoms with Gasteiger partial charge >= 0.3 is 0 Å². The third-order valence-corrected chi connectivity index (χ3v) is 5.23. The first-order chi connectivity index (χ1) is 13.0. The lowest BCUT2D eigenvalue weighted by molar-refractivity contribution is -0.384. The van der Waals surface area contributed by atoms with E-state index in [4.69, 9.17) is 14.2 Å². The summed E-state index contributed by atoms with van der Waals surface area (Å²) in [6, 6.07) is 10.4. The summed E-state index contributed by atoms with van der Waals surface area (Å²) in [6.07, 6.45) is 1.69. The second-order valence-electron chi connectivity index (χ2n) is 6.19. The van der Waals surface area contributed by atoms with Crippen LogP contribution in [-0.4, -0.2) is 38.3 Å². The molecule has 0 aromatic heterocycles. The highest BCUT2D eigenvalue weighted by molar-refractivity contribution is 9.10. The third kappa shape index (κ3) is 4.27. The number of para-hydroxylation sites is 1. The van der Waals surface area contributed by atoms with Crippen LogP contribution in [0.15, 0.2) is 40.9 Å². The monoisotopic (exact) mass is 436 g/mol. The fraction of sp³-hybridized carbons (Fsp3) is 0.368. The minimum Gasteiger partial charge on any atom is -0.493 e. The van der Waals surface area contributed by atoms with Gasteiger partial charge in [0.25, 0.3) is 5.69 Å². The molecule has 1 saturated heterocycles. The molecule has 0 aliphatic carbocycles. The molecular formula is C19H21BrN2O5. The van der Waals surface area contributed by atoms with E-state index in [0.29, 0.717) is 17.2 Å². The number of ether oxygens (including phenoxy) is 3. The van der Waals surface area contributed by atoms with Crippen LogP contribution in [0.25, 0.3) is 0 Å². The third-order valence-electron chi connectivity index (χ3n) is 4.59. The van der Waals surface area contributed by atoms with Crippen molar-refractivity contribution in [2.24, 2.45) is 0 Å². The van der Waals surface area contributed by atoms with Crippen LogP contribution < -0.4 is 19.1 Å². The minimum atomic E-state index is -0.394. The molecule has 0 N–H and O–H groups in total. The van der Waals surface area contributed by atoms with Crippen LogP contribution in [0.4, 0.5) is 11.4 Å². The van der Waals surface area contributed by atoms with E-state index in [0.717, 1.165) is 36.1 Å². The molecule has 7 nitrogen and oxygen atoms in total.